The maximum atomic E-state index is 13.7. The lowest BCUT2D eigenvalue weighted by Gasteiger charge is -2.30. The molecule has 122 valence electrons. The zero-order valence-corrected chi connectivity index (χ0v) is 12.2. The summed E-state index contributed by atoms with van der Waals surface area (Å²) in [6.45, 7) is -0.0955. The fourth-order valence-electron chi connectivity index (χ4n) is 3.05. The first-order valence-electron chi connectivity index (χ1n) is 7.59. The molecule has 2 N–H and O–H groups in total. The Morgan fingerprint density at radius 1 is 1.18 bits per heavy atom. The lowest BCUT2D eigenvalue weighted by atomic mass is 9.82. The van der Waals surface area contributed by atoms with Crippen molar-refractivity contribution in [3.63, 3.8) is 0 Å². The highest BCUT2D eigenvalue weighted by Crippen LogP contribution is 2.28. The third kappa shape index (κ3) is 3.80. The van der Waals surface area contributed by atoms with E-state index in [1.165, 1.54) is 0 Å². The molecule has 2 rings (SSSR count). The summed E-state index contributed by atoms with van der Waals surface area (Å²) in [5, 5.41) is 11.8. The number of rotatable bonds is 5. The number of amides is 1. The van der Waals surface area contributed by atoms with Crippen LogP contribution in [0.2, 0.25) is 0 Å². The Hall–Kier alpha value is -1.56. The second kappa shape index (κ2) is 7.63. The molecule has 22 heavy (non-hydrogen) atoms. The molecule has 0 radical (unpaired) electrons. The minimum Gasteiger partial charge on any atom is -0.396 e. The second-order valence-electron chi connectivity index (χ2n) is 5.71. The SMILES string of the molecule is O=C(NC(CCO)C1CCCCC1)c1ccc(F)c(F)c1F. The van der Waals surface area contributed by atoms with Gasteiger partial charge in [0.2, 0.25) is 0 Å². The van der Waals surface area contributed by atoms with Gasteiger partial charge >= 0.3 is 0 Å². The van der Waals surface area contributed by atoms with Crippen LogP contribution in [-0.2, 0) is 0 Å². The molecule has 1 atom stereocenters. The van der Waals surface area contributed by atoms with Gasteiger partial charge in [0.1, 0.15) is 0 Å². The van der Waals surface area contributed by atoms with E-state index in [1.54, 1.807) is 0 Å². The van der Waals surface area contributed by atoms with Crippen molar-refractivity contribution >= 4 is 5.91 Å². The molecule has 3 nitrogen and oxygen atoms in total. The zero-order chi connectivity index (χ0) is 16.1. The first kappa shape index (κ1) is 16.8. The van der Waals surface area contributed by atoms with Gasteiger partial charge in [-0.05, 0) is 37.3 Å². The van der Waals surface area contributed by atoms with Gasteiger partial charge in [-0.15, -0.1) is 0 Å². The second-order valence-corrected chi connectivity index (χ2v) is 5.71. The molecule has 1 aromatic carbocycles. The molecule has 1 unspecified atom stereocenters. The predicted molar refractivity (Wildman–Crippen MR) is 75.8 cm³/mol. The van der Waals surface area contributed by atoms with E-state index in [9.17, 15) is 18.0 Å². The Balaban J connectivity index is 2.12. The van der Waals surface area contributed by atoms with Crippen molar-refractivity contribution in [2.45, 2.75) is 44.6 Å². The van der Waals surface area contributed by atoms with Crippen LogP contribution in [0.15, 0.2) is 12.1 Å². The van der Waals surface area contributed by atoms with Crippen LogP contribution in [0.5, 0.6) is 0 Å². The normalized spacial score (nSPS) is 17.3. The monoisotopic (exact) mass is 315 g/mol. The van der Waals surface area contributed by atoms with Gasteiger partial charge in [-0.25, -0.2) is 13.2 Å². The fourth-order valence-corrected chi connectivity index (χ4v) is 3.05. The predicted octanol–water partition coefficient (Wildman–Crippen LogP) is 3.17. The largest absolute Gasteiger partial charge is 0.396 e. The molecule has 0 bridgehead atoms. The van der Waals surface area contributed by atoms with Crippen molar-refractivity contribution in [3.8, 4) is 0 Å². The Morgan fingerprint density at radius 3 is 2.50 bits per heavy atom. The first-order valence-corrected chi connectivity index (χ1v) is 7.59. The molecule has 1 aliphatic rings. The van der Waals surface area contributed by atoms with Crippen LogP contribution in [-0.4, -0.2) is 23.7 Å². The van der Waals surface area contributed by atoms with Crippen LogP contribution in [0.4, 0.5) is 13.2 Å². The van der Waals surface area contributed by atoms with Crippen molar-refractivity contribution in [2.75, 3.05) is 6.61 Å². The smallest absolute Gasteiger partial charge is 0.254 e. The van der Waals surface area contributed by atoms with E-state index in [0.717, 1.165) is 44.2 Å². The summed E-state index contributed by atoms with van der Waals surface area (Å²) in [5.41, 5.74) is -0.516. The van der Waals surface area contributed by atoms with Gasteiger partial charge in [-0.1, -0.05) is 19.3 Å². The van der Waals surface area contributed by atoms with Crippen LogP contribution in [0.25, 0.3) is 0 Å². The Labute approximate surface area is 127 Å². The summed E-state index contributed by atoms with van der Waals surface area (Å²) >= 11 is 0. The summed E-state index contributed by atoms with van der Waals surface area (Å²) in [6, 6.07) is 1.37. The summed E-state index contributed by atoms with van der Waals surface area (Å²) in [6.07, 6.45) is 5.50. The molecule has 0 heterocycles. The molecule has 0 aromatic heterocycles. The Kier molecular flexibility index (Phi) is 5.83. The van der Waals surface area contributed by atoms with Crippen molar-refractivity contribution < 1.29 is 23.1 Å². The van der Waals surface area contributed by atoms with Crippen molar-refractivity contribution in [3.05, 3.63) is 35.1 Å². The van der Waals surface area contributed by atoms with Crippen LogP contribution in [0, 0.1) is 23.4 Å². The number of hydrogen-bond acceptors (Lipinski definition) is 2. The molecule has 1 aliphatic carbocycles. The summed E-state index contributed by atoms with van der Waals surface area (Å²) < 4.78 is 39.8. The first-order chi connectivity index (χ1) is 10.5. The van der Waals surface area contributed by atoms with Crippen molar-refractivity contribution in [1.82, 2.24) is 5.32 Å². The number of nitrogens with one attached hydrogen (secondary N) is 1. The Morgan fingerprint density at radius 2 is 1.86 bits per heavy atom. The third-order valence-corrected chi connectivity index (χ3v) is 4.26. The van der Waals surface area contributed by atoms with Gasteiger partial charge in [0.15, 0.2) is 17.5 Å². The van der Waals surface area contributed by atoms with Gasteiger partial charge in [0, 0.05) is 12.6 Å². The lowest BCUT2D eigenvalue weighted by Crippen LogP contribution is -2.42. The molecule has 1 fully saturated rings. The summed E-state index contributed by atoms with van der Waals surface area (Å²) in [4.78, 5) is 12.1. The van der Waals surface area contributed by atoms with Crippen molar-refractivity contribution in [2.24, 2.45) is 5.92 Å². The van der Waals surface area contributed by atoms with E-state index in [1.807, 2.05) is 0 Å². The van der Waals surface area contributed by atoms with E-state index in [2.05, 4.69) is 5.32 Å². The number of aliphatic hydroxyl groups is 1. The highest BCUT2D eigenvalue weighted by atomic mass is 19.2. The summed E-state index contributed by atoms with van der Waals surface area (Å²) in [7, 11) is 0. The standard InChI is InChI=1S/C16H20F3NO2/c17-12-7-6-11(14(18)15(12)19)16(22)20-13(8-9-21)10-4-2-1-3-5-10/h6-7,10,13,21H,1-5,8-9H2,(H,20,22). The van der Waals surface area contributed by atoms with Crippen LogP contribution >= 0.6 is 0 Å². The molecule has 6 heteroatoms. The minimum atomic E-state index is -1.65. The van der Waals surface area contributed by atoms with Crippen molar-refractivity contribution in [1.29, 1.82) is 0 Å². The number of carbonyl (C=O) groups is 1. The molecule has 1 aromatic rings. The molecule has 1 amide bonds. The Bertz CT molecular complexity index is 530. The zero-order valence-electron chi connectivity index (χ0n) is 12.2. The molecule has 0 aliphatic heterocycles. The van der Waals surface area contributed by atoms with E-state index >= 15 is 0 Å². The lowest BCUT2D eigenvalue weighted by molar-refractivity contribution is 0.0894. The average molecular weight is 315 g/mol. The van der Waals surface area contributed by atoms with E-state index in [0.29, 0.717) is 6.42 Å². The summed E-state index contributed by atoms with van der Waals surface area (Å²) in [5.74, 6) is -5.01. The van der Waals surface area contributed by atoms with Gasteiger partial charge in [-0.2, -0.15) is 0 Å². The van der Waals surface area contributed by atoms with Gasteiger partial charge in [0.25, 0.3) is 5.91 Å². The van der Waals surface area contributed by atoms with Gasteiger partial charge in [-0.3, -0.25) is 4.79 Å². The van der Waals surface area contributed by atoms with Crippen LogP contribution < -0.4 is 5.32 Å². The minimum absolute atomic E-state index is 0.0955. The highest BCUT2D eigenvalue weighted by Gasteiger charge is 2.27. The van der Waals surface area contributed by atoms with E-state index in [4.69, 9.17) is 5.11 Å². The molecule has 0 spiro atoms. The number of carbonyl (C=O) groups excluding carboxylic acids is 1. The topological polar surface area (TPSA) is 49.3 Å². The number of aliphatic hydroxyl groups excluding tert-OH is 1. The number of benzene rings is 1. The van der Waals surface area contributed by atoms with E-state index in [-0.39, 0.29) is 18.6 Å². The molecule has 1 saturated carbocycles. The molecule has 0 saturated heterocycles. The maximum Gasteiger partial charge on any atom is 0.254 e. The fraction of sp³-hybridized carbons (Fsp3) is 0.562. The molecular formula is C16H20F3NO2. The number of hydrogen-bond donors (Lipinski definition) is 2. The van der Waals surface area contributed by atoms with Gasteiger partial charge in [0.05, 0.1) is 5.56 Å². The quantitative estimate of drug-likeness (QED) is 0.820. The van der Waals surface area contributed by atoms with E-state index < -0.39 is 28.9 Å². The van der Waals surface area contributed by atoms with Gasteiger partial charge < -0.3 is 10.4 Å². The molecular weight excluding hydrogens is 295 g/mol. The average Bonchev–Trinajstić information content (AvgIpc) is 2.53. The highest BCUT2D eigenvalue weighted by molar-refractivity contribution is 5.94. The maximum absolute atomic E-state index is 13.7. The number of halogens is 3. The van der Waals surface area contributed by atoms with Crippen LogP contribution in [0.1, 0.15) is 48.9 Å². The van der Waals surface area contributed by atoms with Crippen LogP contribution in [0.3, 0.4) is 0 Å². The third-order valence-electron chi connectivity index (χ3n) is 4.26.